The number of carbonyl (C=O) groups excluding carboxylic acids is 1. The molecule has 0 aliphatic carbocycles. The molecule has 0 bridgehead atoms. The lowest BCUT2D eigenvalue weighted by Gasteiger charge is -2.19. The van der Waals surface area contributed by atoms with Crippen molar-refractivity contribution in [2.75, 3.05) is 13.1 Å². The zero-order valence-corrected chi connectivity index (χ0v) is 20.2. The molecule has 1 saturated heterocycles. The fourth-order valence-electron chi connectivity index (χ4n) is 4.37. The summed E-state index contributed by atoms with van der Waals surface area (Å²) in [6.45, 7) is 9.61. The maximum Gasteiger partial charge on any atom is 0.298 e. The van der Waals surface area contributed by atoms with E-state index in [0.717, 1.165) is 48.6 Å². The van der Waals surface area contributed by atoms with Gasteiger partial charge in [0.25, 0.3) is 6.47 Å². The Morgan fingerprint density at radius 3 is 2.70 bits per heavy atom. The van der Waals surface area contributed by atoms with Crippen molar-refractivity contribution in [3.8, 4) is 17.2 Å². The molecule has 4 rings (SSSR count). The predicted molar refractivity (Wildman–Crippen MR) is 133 cm³/mol. The Bertz CT molecular complexity index is 1090. The van der Waals surface area contributed by atoms with Crippen LogP contribution in [0.2, 0.25) is 0 Å². The molecule has 33 heavy (non-hydrogen) atoms. The molecule has 2 aromatic carbocycles. The van der Waals surface area contributed by atoms with Gasteiger partial charge in [0, 0.05) is 31.3 Å². The van der Waals surface area contributed by atoms with E-state index in [1.165, 1.54) is 5.56 Å². The second kappa shape index (κ2) is 11.3. The lowest BCUT2D eigenvalue weighted by molar-refractivity contribution is -0.120. The van der Waals surface area contributed by atoms with Crippen molar-refractivity contribution in [2.45, 2.75) is 45.6 Å². The number of hydrogen-bond donors (Lipinski definition) is 0. The first-order valence-electron chi connectivity index (χ1n) is 11.2. The molecule has 1 unspecified atom stereocenters. The average molecular weight is 467 g/mol. The Morgan fingerprint density at radius 2 is 1.94 bits per heavy atom. The number of hydrogen-bond acceptors (Lipinski definition) is 5. The van der Waals surface area contributed by atoms with Crippen LogP contribution in [0.5, 0.6) is 17.2 Å². The van der Waals surface area contributed by atoms with Gasteiger partial charge in [0.1, 0.15) is 17.2 Å². The first-order valence-corrected chi connectivity index (χ1v) is 11.2. The summed E-state index contributed by atoms with van der Waals surface area (Å²) in [7, 11) is 0. The van der Waals surface area contributed by atoms with E-state index < -0.39 is 0 Å². The maximum atomic E-state index is 11.2. The van der Waals surface area contributed by atoms with Crippen molar-refractivity contribution in [3.05, 3.63) is 83.2 Å². The molecule has 1 fully saturated rings. The van der Waals surface area contributed by atoms with Crippen molar-refractivity contribution in [2.24, 2.45) is 0 Å². The lowest BCUT2D eigenvalue weighted by Crippen LogP contribution is -2.21. The highest BCUT2D eigenvalue weighted by Gasteiger charge is 2.27. The van der Waals surface area contributed by atoms with Crippen molar-refractivity contribution in [1.82, 2.24) is 9.88 Å². The Hall–Kier alpha value is -2.89. The minimum Gasteiger partial charge on any atom is -0.457 e. The molecule has 174 valence electrons. The summed E-state index contributed by atoms with van der Waals surface area (Å²) in [6, 6.07) is 17.9. The van der Waals surface area contributed by atoms with E-state index in [-0.39, 0.29) is 12.4 Å². The first-order chi connectivity index (χ1) is 15.5. The third-order valence-corrected chi connectivity index (χ3v) is 6.13. The van der Waals surface area contributed by atoms with E-state index >= 15 is 0 Å². The van der Waals surface area contributed by atoms with E-state index in [2.05, 4.69) is 42.8 Å². The van der Waals surface area contributed by atoms with E-state index in [4.69, 9.17) is 9.47 Å². The third kappa shape index (κ3) is 5.92. The normalized spacial score (nSPS) is 15.8. The van der Waals surface area contributed by atoms with Gasteiger partial charge in [-0.15, -0.1) is 12.4 Å². The number of halogens is 1. The minimum atomic E-state index is 0. The largest absolute Gasteiger partial charge is 0.457 e. The quantitative estimate of drug-likeness (QED) is 0.367. The van der Waals surface area contributed by atoms with E-state index in [1.54, 1.807) is 0 Å². The Kier molecular flexibility index (Phi) is 8.48. The van der Waals surface area contributed by atoms with E-state index in [9.17, 15) is 4.79 Å². The van der Waals surface area contributed by atoms with Crippen LogP contribution in [0.1, 0.15) is 54.5 Å². The van der Waals surface area contributed by atoms with Gasteiger partial charge < -0.3 is 9.47 Å². The predicted octanol–water partition coefficient (Wildman–Crippen LogP) is 6.25. The van der Waals surface area contributed by atoms with Crippen molar-refractivity contribution < 1.29 is 14.3 Å². The molecule has 2 heterocycles. The van der Waals surface area contributed by atoms with E-state index in [0.29, 0.717) is 29.8 Å². The number of pyridine rings is 1. The molecule has 1 atom stereocenters. The van der Waals surface area contributed by atoms with Crippen LogP contribution in [0.15, 0.2) is 60.8 Å². The number of likely N-dealkylation sites (tertiary alicyclic amines) is 1. The fraction of sp³-hybridized carbons (Fsp3) is 0.333. The Labute approximate surface area is 202 Å². The smallest absolute Gasteiger partial charge is 0.298 e. The number of benzene rings is 2. The monoisotopic (exact) mass is 466 g/mol. The van der Waals surface area contributed by atoms with Crippen LogP contribution in [-0.2, 0) is 11.3 Å². The highest BCUT2D eigenvalue weighted by molar-refractivity contribution is 5.85. The highest BCUT2D eigenvalue weighted by atomic mass is 35.5. The first kappa shape index (κ1) is 24.7. The molecule has 0 saturated carbocycles. The van der Waals surface area contributed by atoms with Crippen molar-refractivity contribution in [3.63, 3.8) is 0 Å². The number of rotatable bonds is 8. The van der Waals surface area contributed by atoms with Crippen molar-refractivity contribution >= 4 is 18.9 Å². The Morgan fingerprint density at radius 1 is 1.12 bits per heavy atom. The van der Waals surface area contributed by atoms with Crippen LogP contribution in [0.4, 0.5) is 0 Å². The molecular weight excluding hydrogens is 436 g/mol. The van der Waals surface area contributed by atoms with Crippen LogP contribution in [0, 0.1) is 6.92 Å². The van der Waals surface area contributed by atoms with Gasteiger partial charge in [-0.3, -0.25) is 14.7 Å². The van der Waals surface area contributed by atoms with Gasteiger partial charge in [-0.05, 0) is 60.7 Å². The molecule has 6 heteroatoms. The molecule has 1 aliphatic rings. The minimum absolute atomic E-state index is 0. The van der Waals surface area contributed by atoms with Crippen LogP contribution in [0.25, 0.3) is 0 Å². The van der Waals surface area contributed by atoms with Crippen LogP contribution < -0.4 is 9.47 Å². The molecule has 5 nitrogen and oxygen atoms in total. The number of aromatic nitrogens is 1. The zero-order valence-electron chi connectivity index (χ0n) is 19.4. The second-order valence-corrected chi connectivity index (χ2v) is 8.70. The standard InChI is InChI=1S/C27H30N2O3.ClH/c1-19(2)23-8-4-5-9-26(23)32-22-10-11-24(27(15-22)31-18-30)21-12-14-29(16-21)17-25-20(3)7-6-13-28-25;/h4-11,13,15,18-19,21H,12,14,16-17H2,1-3H3;1H. The van der Waals surface area contributed by atoms with Crippen molar-refractivity contribution in [1.29, 1.82) is 0 Å². The number of nitrogens with zero attached hydrogens (tertiary/aromatic N) is 2. The fourth-order valence-corrected chi connectivity index (χ4v) is 4.37. The third-order valence-electron chi connectivity index (χ3n) is 6.13. The molecule has 0 amide bonds. The summed E-state index contributed by atoms with van der Waals surface area (Å²) in [5, 5.41) is 0. The zero-order chi connectivity index (χ0) is 22.5. The summed E-state index contributed by atoms with van der Waals surface area (Å²) in [5.74, 6) is 2.71. The summed E-state index contributed by atoms with van der Waals surface area (Å²) in [5.41, 5.74) is 4.52. The molecule has 0 N–H and O–H groups in total. The van der Waals surface area contributed by atoms with Crippen LogP contribution in [-0.4, -0.2) is 29.4 Å². The van der Waals surface area contributed by atoms with E-state index in [1.807, 2.05) is 48.7 Å². The number of carbonyl (C=O) groups is 1. The summed E-state index contributed by atoms with van der Waals surface area (Å²) >= 11 is 0. The van der Waals surface area contributed by atoms with Crippen LogP contribution in [0.3, 0.4) is 0 Å². The summed E-state index contributed by atoms with van der Waals surface area (Å²) < 4.78 is 11.6. The SMILES string of the molecule is Cc1cccnc1CN1CCC(c2ccc(Oc3ccccc3C(C)C)cc2OC=O)C1.Cl. The number of para-hydroxylation sites is 1. The maximum absolute atomic E-state index is 11.2. The topological polar surface area (TPSA) is 51.7 Å². The average Bonchev–Trinajstić information content (AvgIpc) is 3.24. The number of ether oxygens (including phenoxy) is 2. The van der Waals surface area contributed by atoms with Gasteiger partial charge in [-0.25, -0.2) is 0 Å². The Balaban J connectivity index is 0.00000306. The molecule has 0 radical (unpaired) electrons. The van der Waals surface area contributed by atoms with Gasteiger partial charge in [0.2, 0.25) is 0 Å². The molecule has 1 aliphatic heterocycles. The lowest BCUT2D eigenvalue weighted by atomic mass is 9.97. The summed E-state index contributed by atoms with van der Waals surface area (Å²) in [6.07, 6.45) is 2.86. The van der Waals surface area contributed by atoms with Gasteiger partial charge in [-0.2, -0.15) is 0 Å². The molecule has 3 aromatic rings. The summed E-state index contributed by atoms with van der Waals surface area (Å²) in [4.78, 5) is 18.2. The van der Waals surface area contributed by atoms with Gasteiger partial charge in [0.15, 0.2) is 0 Å². The van der Waals surface area contributed by atoms with Gasteiger partial charge >= 0.3 is 0 Å². The molecule has 1 aromatic heterocycles. The van der Waals surface area contributed by atoms with Crippen LogP contribution >= 0.6 is 12.4 Å². The van der Waals surface area contributed by atoms with Gasteiger partial charge in [0.05, 0.1) is 5.69 Å². The highest BCUT2D eigenvalue weighted by Crippen LogP contribution is 2.38. The number of aryl methyl sites for hydroxylation is 1. The molecule has 0 spiro atoms. The molecular formula is C27H31ClN2O3. The second-order valence-electron chi connectivity index (χ2n) is 8.70. The van der Waals surface area contributed by atoms with Gasteiger partial charge in [-0.1, -0.05) is 44.2 Å².